The van der Waals surface area contributed by atoms with Crippen molar-refractivity contribution in [3.63, 3.8) is 0 Å². The molecule has 2 aliphatic heterocycles. The number of ether oxygens (including phenoxy) is 2. The summed E-state index contributed by atoms with van der Waals surface area (Å²) in [5.41, 5.74) is 2.41. The maximum Gasteiger partial charge on any atom is 0.159 e. The van der Waals surface area contributed by atoms with E-state index in [1.807, 2.05) is 0 Å². The third-order valence-corrected chi connectivity index (χ3v) is 7.15. The highest BCUT2D eigenvalue weighted by atomic mass is 16.6. The van der Waals surface area contributed by atoms with Crippen LogP contribution in [-0.4, -0.2) is 29.2 Å². The molecule has 0 aromatic carbocycles. The van der Waals surface area contributed by atoms with Gasteiger partial charge < -0.3 is 9.47 Å². The molecule has 0 spiro atoms. The van der Waals surface area contributed by atoms with Gasteiger partial charge in [-0.1, -0.05) is 12.5 Å². The van der Waals surface area contributed by atoms with E-state index in [-0.39, 0.29) is 16.6 Å². The van der Waals surface area contributed by atoms with E-state index in [9.17, 15) is 4.79 Å². The van der Waals surface area contributed by atoms with Gasteiger partial charge >= 0.3 is 0 Å². The molecular formula is C20H30O3. The molecule has 6 atom stereocenters. The minimum absolute atomic E-state index is 0.0154. The molecule has 2 saturated heterocycles. The molecule has 0 radical (unpaired) electrons. The Morgan fingerprint density at radius 3 is 2.30 bits per heavy atom. The third kappa shape index (κ3) is 2.42. The molecule has 4 fully saturated rings. The molecule has 4 rings (SSSR count). The molecule has 0 aromatic heterocycles. The Morgan fingerprint density at radius 2 is 1.61 bits per heavy atom. The van der Waals surface area contributed by atoms with E-state index < -0.39 is 0 Å². The van der Waals surface area contributed by atoms with Crippen LogP contribution in [0.3, 0.4) is 0 Å². The average Bonchev–Trinajstić information content (AvgIpc) is 3.24. The minimum atomic E-state index is 0.0154. The van der Waals surface area contributed by atoms with Crippen molar-refractivity contribution in [2.24, 2.45) is 11.3 Å². The number of hydrogen-bond acceptors (Lipinski definition) is 3. The zero-order valence-electron chi connectivity index (χ0n) is 15.2. The van der Waals surface area contributed by atoms with Crippen molar-refractivity contribution in [1.29, 1.82) is 0 Å². The Bertz CT molecular complexity index is 590. The van der Waals surface area contributed by atoms with E-state index in [0.29, 0.717) is 30.3 Å². The monoisotopic (exact) mass is 318 g/mol. The number of allylic oxidation sites excluding steroid dienone is 2. The van der Waals surface area contributed by atoms with Gasteiger partial charge in [0.1, 0.15) is 0 Å². The lowest BCUT2D eigenvalue weighted by Crippen LogP contribution is -2.27. The fraction of sp³-hybridized carbons (Fsp3) is 0.850. The van der Waals surface area contributed by atoms with Gasteiger partial charge in [0, 0.05) is 6.42 Å². The first-order valence-corrected chi connectivity index (χ1v) is 9.23. The summed E-state index contributed by atoms with van der Waals surface area (Å²) in [7, 11) is 0. The van der Waals surface area contributed by atoms with E-state index in [1.54, 1.807) is 0 Å². The molecule has 4 aliphatic rings. The van der Waals surface area contributed by atoms with Crippen molar-refractivity contribution in [2.75, 3.05) is 0 Å². The lowest BCUT2D eigenvalue weighted by Gasteiger charge is -2.32. The van der Waals surface area contributed by atoms with E-state index >= 15 is 0 Å². The van der Waals surface area contributed by atoms with E-state index in [2.05, 4.69) is 34.6 Å². The van der Waals surface area contributed by atoms with E-state index in [0.717, 1.165) is 37.7 Å². The van der Waals surface area contributed by atoms with Crippen LogP contribution in [0.25, 0.3) is 0 Å². The maximum absolute atomic E-state index is 12.7. The Balaban J connectivity index is 1.68. The average molecular weight is 318 g/mol. The Morgan fingerprint density at radius 1 is 1.00 bits per heavy atom. The zero-order valence-corrected chi connectivity index (χ0v) is 15.2. The highest BCUT2D eigenvalue weighted by Gasteiger charge is 2.61. The van der Waals surface area contributed by atoms with Crippen LogP contribution < -0.4 is 0 Å². The molecule has 23 heavy (non-hydrogen) atoms. The first kappa shape index (κ1) is 15.8. The SMILES string of the molecule is CC(C)=C1C(=O)C[C@]2(C)C[C@H]3O[C@]3(C)CC[C@@H]3O[C@@]3(C)CC[C@@H]12. The molecule has 2 saturated carbocycles. The highest BCUT2D eigenvalue weighted by molar-refractivity contribution is 5.99. The van der Waals surface area contributed by atoms with Crippen LogP contribution in [0.15, 0.2) is 11.1 Å². The van der Waals surface area contributed by atoms with Crippen molar-refractivity contribution in [2.45, 2.75) is 96.6 Å². The largest absolute Gasteiger partial charge is 0.366 e. The fourth-order valence-corrected chi connectivity index (χ4v) is 5.38. The van der Waals surface area contributed by atoms with Crippen molar-refractivity contribution >= 4 is 5.78 Å². The predicted molar refractivity (Wildman–Crippen MR) is 89.2 cm³/mol. The highest BCUT2D eigenvalue weighted by Crippen LogP contribution is 2.58. The summed E-state index contributed by atoms with van der Waals surface area (Å²) in [5, 5.41) is 0. The van der Waals surface area contributed by atoms with Crippen molar-refractivity contribution < 1.29 is 14.3 Å². The summed E-state index contributed by atoms with van der Waals surface area (Å²) < 4.78 is 12.1. The molecule has 0 amide bonds. The summed E-state index contributed by atoms with van der Waals surface area (Å²) in [6.07, 6.45) is 6.77. The Hall–Kier alpha value is -0.670. The molecule has 0 bridgehead atoms. The molecule has 0 N–H and O–H groups in total. The number of fused-ring (bicyclic) bond motifs is 3. The molecular weight excluding hydrogens is 288 g/mol. The first-order valence-electron chi connectivity index (χ1n) is 9.23. The Kier molecular flexibility index (Phi) is 3.23. The summed E-state index contributed by atoms with van der Waals surface area (Å²) in [5.74, 6) is 0.739. The normalized spacial score (nSPS) is 52.1. The number of carbonyl (C=O) groups excluding carboxylic acids is 1. The van der Waals surface area contributed by atoms with Gasteiger partial charge in [-0.05, 0) is 76.7 Å². The number of Topliss-reactive ketones (excluding diaryl/α,β-unsaturated/α-hetero) is 1. The molecule has 128 valence electrons. The van der Waals surface area contributed by atoms with Crippen molar-refractivity contribution in [3.05, 3.63) is 11.1 Å². The van der Waals surface area contributed by atoms with Crippen molar-refractivity contribution in [1.82, 2.24) is 0 Å². The number of hydrogen-bond donors (Lipinski definition) is 0. The Labute approximate surface area is 139 Å². The van der Waals surface area contributed by atoms with Crippen LogP contribution in [-0.2, 0) is 14.3 Å². The second-order valence-electron chi connectivity index (χ2n) is 9.34. The molecule has 0 aromatic rings. The molecule has 2 aliphatic carbocycles. The van der Waals surface area contributed by atoms with Gasteiger partial charge in [-0.3, -0.25) is 4.79 Å². The zero-order chi connectivity index (χ0) is 16.6. The topological polar surface area (TPSA) is 42.1 Å². The lowest BCUT2D eigenvalue weighted by molar-refractivity contribution is -0.115. The van der Waals surface area contributed by atoms with Crippen LogP contribution >= 0.6 is 0 Å². The summed E-state index contributed by atoms with van der Waals surface area (Å²) in [6, 6.07) is 0. The molecule has 0 unspecified atom stereocenters. The van der Waals surface area contributed by atoms with Crippen LogP contribution in [0, 0.1) is 11.3 Å². The smallest absolute Gasteiger partial charge is 0.159 e. The third-order valence-electron chi connectivity index (χ3n) is 7.15. The number of carbonyl (C=O) groups is 1. The summed E-state index contributed by atoms with van der Waals surface area (Å²) >= 11 is 0. The molecule has 3 nitrogen and oxygen atoms in total. The van der Waals surface area contributed by atoms with Gasteiger partial charge in [-0.2, -0.15) is 0 Å². The van der Waals surface area contributed by atoms with E-state index in [1.165, 1.54) is 5.57 Å². The molecule has 3 heteroatoms. The van der Waals surface area contributed by atoms with Crippen LogP contribution in [0.5, 0.6) is 0 Å². The summed E-state index contributed by atoms with van der Waals surface area (Å²) in [4.78, 5) is 12.7. The van der Waals surface area contributed by atoms with Crippen LogP contribution in [0.2, 0.25) is 0 Å². The molecule has 2 heterocycles. The van der Waals surface area contributed by atoms with Gasteiger partial charge in [0.05, 0.1) is 23.4 Å². The van der Waals surface area contributed by atoms with Crippen LogP contribution in [0.4, 0.5) is 0 Å². The standard InChI is InChI=1S/C20H30O3/c1-12(2)17-13-6-8-19(4)15(22-19)7-9-20(5)16(23-20)11-18(13,3)10-14(17)21/h13,15-16H,6-11H2,1-5H3/t13-,15-,16+,18+,19-,20+/m0/s1. The van der Waals surface area contributed by atoms with Gasteiger partial charge in [-0.15, -0.1) is 0 Å². The van der Waals surface area contributed by atoms with Crippen molar-refractivity contribution in [3.8, 4) is 0 Å². The minimum Gasteiger partial charge on any atom is -0.366 e. The van der Waals surface area contributed by atoms with Gasteiger partial charge in [0.25, 0.3) is 0 Å². The maximum atomic E-state index is 12.7. The quantitative estimate of drug-likeness (QED) is 0.496. The lowest BCUT2D eigenvalue weighted by atomic mass is 9.71. The second kappa shape index (κ2) is 4.70. The summed E-state index contributed by atoms with van der Waals surface area (Å²) in [6.45, 7) is 11.0. The van der Waals surface area contributed by atoms with Gasteiger partial charge in [0.15, 0.2) is 5.78 Å². The van der Waals surface area contributed by atoms with E-state index in [4.69, 9.17) is 9.47 Å². The first-order chi connectivity index (χ1) is 10.7. The fourth-order valence-electron chi connectivity index (χ4n) is 5.38. The number of rotatable bonds is 0. The van der Waals surface area contributed by atoms with Crippen LogP contribution in [0.1, 0.15) is 73.1 Å². The number of ketones is 1. The predicted octanol–water partition coefficient (Wildman–Crippen LogP) is 4.20. The van der Waals surface area contributed by atoms with Gasteiger partial charge in [-0.25, -0.2) is 0 Å². The van der Waals surface area contributed by atoms with Gasteiger partial charge in [0.2, 0.25) is 0 Å². The number of epoxide rings is 2. The second-order valence-corrected chi connectivity index (χ2v) is 9.34.